The molecule has 0 aliphatic carbocycles. The van der Waals surface area contributed by atoms with E-state index in [1.807, 2.05) is 62.4 Å². The second-order valence-corrected chi connectivity index (χ2v) is 4.97. The highest BCUT2D eigenvalue weighted by molar-refractivity contribution is 5.66. The van der Waals surface area contributed by atoms with Gasteiger partial charge < -0.3 is 0 Å². The minimum absolute atomic E-state index is 0.133. The molecule has 0 heterocycles. The molecule has 108 valence electrons. The van der Waals surface area contributed by atoms with Gasteiger partial charge in [0, 0.05) is 0 Å². The molecule has 21 heavy (non-hydrogen) atoms. The molecular weight excluding hydrogens is 259 g/mol. The van der Waals surface area contributed by atoms with E-state index < -0.39 is 0 Å². The highest BCUT2D eigenvalue weighted by Gasteiger charge is 2.02. The Morgan fingerprint density at radius 2 is 1.52 bits per heavy atom. The van der Waals surface area contributed by atoms with E-state index in [2.05, 4.69) is 12.1 Å². The van der Waals surface area contributed by atoms with Crippen molar-refractivity contribution in [3.8, 4) is 11.1 Å². The quantitative estimate of drug-likeness (QED) is 0.555. The van der Waals surface area contributed by atoms with E-state index in [-0.39, 0.29) is 5.83 Å². The first-order valence-electron chi connectivity index (χ1n) is 7.46. The van der Waals surface area contributed by atoms with E-state index in [0.29, 0.717) is 0 Å². The van der Waals surface area contributed by atoms with Gasteiger partial charge in [0.15, 0.2) is 0 Å². The summed E-state index contributed by atoms with van der Waals surface area (Å²) in [6.45, 7) is 4.00. The summed E-state index contributed by atoms with van der Waals surface area (Å²) >= 11 is 0. The summed E-state index contributed by atoms with van der Waals surface area (Å²) in [6.07, 6.45) is 5.14. The van der Waals surface area contributed by atoms with Crippen molar-refractivity contribution in [2.24, 2.45) is 0 Å². The highest BCUT2D eigenvalue weighted by atomic mass is 19.1. The summed E-state index contributed by atoms with van der Waals surface area (Å²) < 4.78 is 14.2. The average Bonchev–Trinajstić information content (AvgIpc) is 2.54. The predicted molar refractivity (Wildman–Crippen MR) is 89.6 cm³/mol. The van der Waals surface area contributed by atoms with Crippen LogP contribution in [0.1, 0.15) is 32.3 Å². The van der Waals surface area contributed by atoms with Crippen LogP contribution in [-0.2, 0) is 0 Å². The van der Waals surface area contributed by atoms with Crippen LogP contribution in [0, 0.1) is 0 Å². The smallest absolute Gasteiger partial charge is 0.126 e. The summed E-state index contributed by atoms with van der Waals surface area (Å²) in [5.41, 5.74) is 3.99. The van der Waals surface area contributed by atoms with Crippen molar-refractivity contribution in [1.29, 1.82) is 0 Å². The lowest BCUT2D eigenvalue weighted by Crippen LogP contribution is -1.84. The molecule has 2 aromatic carbocycles. The van der Waals surface area contributed by atoms with Crippen molar-refractivity contribution in [2.75, 3.05) is 0 Å². The molecule has 0 bridgehead atoms. The van der Waals surface area contributed by atoms with E-state index in [1.54, 1.807) is 6.08 Å². The Labute approximate surface area is 126 Å². The molecule has 0 saturated carbocycles. The van der Waals surface area contributed by atoms with Gasteiger partial charge in [0.05, 0.1) is 0 Å². The summed E-state index contributed by atoms with van der Waals surface area (Å²) in [5, 5.41) is 0. The number of benzene rings is 2. The summed E-state index contributed by atoms with van der Waals surface area (Å²) in [7, 11) is 0. The van der Waals surface area contributed by atoms with Crippen molar-refractivity contribution < 1.29 is 4.39 Å². The van der Waals surface area contributed by atoms with Crippen molar-refractivity contribution in [3.05, 3.63) is 77.6 Å². The molecule has 2 aromatic rings. The van der Waals surface area contributed by atoms with Gasteiger partial charge in [0.2, 0.25) is 0 Å². The molecule has 2 rings (SSSR count). The van der Waals surface area contributed by atoms with Crippen LogP contribution >= 0.6 is 0 Å². The average molecular weight is 280 g/mol. The fraction of sp³-hybridized carbons (Fsp3) is 0.200. The largest absolute Gasteiger partial charge is 0.207 e. The summed E-state index contributed by atoms with van der Waals surface area (Å²) in [4.78, 5) is 0. The van der Waals surface area contributed by atoms with Crippen molar-refractivity contribution >= 4 is 6.08 Å². The number of hydrogen-bond donors (Lipinski definition) is 0. The molecule has 0 aliphatic rings. The first kappa shape index (κ1) is 15.2. The topological polar surface area (TPSA) is 0 Å². The molecule has 0 radical (unpaired) electrons. The third-order valence-electron chi connectivity index (χ3n) is 3.45. The van der Waals surface area contributed by atoms with Crippen LogP contribution in [0.5, 0.6) is 0 Å². The van der Waals surface area contributed by atoms with Gasteiger partial charge in [-0.05, 0) is 41.2 Å². The molecule has 0 fully saturated rings. The van der Waals surface area contributed by atoms with Crippen LogP contribution in [0.15, 0.2) is 72.1 Å². The second-order valence-electron chi connectivity index (χ2n) is 4.97. The van der Waals surface area contributed by atoms with Crippen LogP contribution in [0.25, 0.3) is 17.2 Å². The van der Waals surface area contributed by atoms with Gasteiger partial charge in [-0.15, -0.1) is 0 Å². The van der Waals surface area contributed by atoms with Crippen LogP contribution in [0.4, 0.5) is 4.39 Å². The third kappa shape index (κ3) is 4.16. The van der Waals surface area contributed by atoms with E-state index in [4.69, 9.17) is 0 Å². The van der Waals surface area contributed by atoms with Gasteiger partial charge in [-0.1, -0.05) is 74.5 Å². The highest BCUT2D eigenvalue weighted by Crippen LogP contribution is 2.23. The predicted octanol–water partition coefficient (Wildman–Crippen LogP) is 6.41. The van der Waals surface area contributed by atoms with Crippen molar-refractivity contribution in [2.45, 2.75) is 26.7 Å². The zero-order valence-electron chi connectivity index (χ0n) is 12.6. The summed E-state index contributed by atoms with van der Waals surface area (Å²) in [5.74, 6) is -0.133. The molecular formula is C20H21F. The minimum atomic E-state index is -0.133. The Kier molecular flexibility index (Phi) is 5.51. The molecule has 0 aliphatic heterocycles. The Morgan fingerprint density at radius 1 is 0.905 bits per heavy atom. The van der Waals surface area contributed by atoms with Gasteiger partial charge in [-0.25, -0.2) is 4.39 Å². The maximum Gasteiger partial charge on any atom is 0.126 e. The molecule has 0 N–H and O–H groups in total. The Morgan fingerprint density at radius 3 is 2.10 bits per heavy atom. The lowest BCUT2D eigenvalue weighted by molar-refractivity contribution is 0.649. The number of rotatable bonds is 5. The third-order valence-corrected chi connectivity index (χ3v) is 3.45. The van der Waals surface area contributed by atoms with Crippen molar-refractivity contribution in [1.82, 2.24) is 0 Å². The van der Waals surface area contributed by atoms with E-state index in [9.17, 15) is 4.39 Å². The Hall–Kier alpha value is -2.15. The van der Waals surface area contributed by atoms with Crippen LogP contribution in [0.3, 0.4) is 0 Å². The van der Waals surface area contributed by atoms with Crippen LogP contribution in [0.2, 0.25) is 0 Å². The van der Waals surface area contributed by atoms with Crippen molar-refractivity contribution in [3.63, 3.8) is 0 Å². The van der Waals surface area contributed by atoms with Gasteiger partial charge in [0.25, 0.3) is 0 Å². The molecule has 1 heteroatoms. The van der Waals surface area contributed by atoms with E-state index >= 15 is 0 Å². The Balaban J connectivity index is 2.21. The van der Waals surface area contributed by atoms with Gasteiger partial charge in [-0.3, -0.25) is 0 Å². The van der Waals surface area contributed by atoms with E-state index in [0.717, 1.165) is 29.5 Å². The molecule has 0 amide bonds. The zero-order valence-corrected chi connectivity index (χ0v) is 12.6. The normalized spacial score (nSPS) is 12.5. The van der Waals surface area contributed by atoms with Gasteiger partial charge >= 0.3 is 0 Å². The lowest BCUT2D eigenvalue weighted by atomic mass is 10.0. The molecule has 0 aromatic heterocycles. The second kappa shape index (κ2) is 7.58. The maximum atomic E-state index is 14.2. The summed E-state index contributed by atoms with van der Waals surface area (Å²) in [6, 6.07) is 18.2. The number of allylic oxidation sites excluding steroid dienone is 3. The Bertz CT molecular complexity index is 619. The first-order valence-corrected chi connectivity index (χ1v) is 7.46. The molecule has 0 unspecified atom stereocenters. The first-order chi connectivity index (χ1) is 10.2. The number of halogens is 1. The SMILES string of the molecule is CC/C=C(CC)/C(F)=C/c1ccc(-c2ccccc2)cc1. The molecule has 0 atom stereocenters. The fourth-order valence-electron chi connectivity index (χ4n) is 2.30. The minimum Gasteiger partial charge on any atom is -0.207 e. The monoisotopic (exact) mass is 280 g/mol. The molecule has 0 nitrogen and oxygen atoms in total. The number of hydrogen-bond acceptors (Lipinski definition) is 0. The lowest BCUT2D eigenvalue weighted by Gasteiger charge is -2.04. The van der Waals surface area contributed by atoms with Crippen LogP contribution in [-0.4, -0.2) is 0 Å². The van der Waals surface area contributed by atoms with E-state index in [1.165, 1.54) is 5.56 Å². The van der Waals surface area contributed by atoms with Gasteiger partial charge in [0.1, 0.15) is 5.83 Å². The fourth-order valence-corrected chi connectivity index (χ4v) is 2.30. The molecule has 0 saturated heterocycles. The standard InChI is InChI=1S/C20H21F/c1-3-8-17(4-2)20(21)15-16-11-13-19(14-12-16)18-9-6-5-7-10-18/h5-15H,3-4H2,1-2H3/b17-8+,20-15-. The van der Waals surface area contributed by atoms with Gasteiger partial charge in [-0.2, -0.15) is 0 Å². The maximum absolute atomic E-state index is 14.2. The zero-order chi connectivity index (χ0) is 15.1. The van der Waals surface area contributed by atoms with Crippen LogP contribution < -0.4 is 0 Å². The molecule has 0 spiro atoms.